The Hall–Kier alpha value is -2.57. The number of rotatable bonds is 5. The number of esters is 1. The Kier molecular flexibility index (Phi) is 5.71. The quantitative estimate of drug-likeness (QED) is 0.806. The fourth-order valence-corrected chi connectivity index (χ4v) is 1.57. The number of nitrogens with one attached hydrogen (secondary N) is 1. The third kappa shape index (κ3) is 4.79. The molecule has 0 saturated carbocycles. The van der Waals surface area contributed by atoms with E-state index < -0.39 is 18.0 Å². The summed E-state index contributed by atoms with van der Waals surface area (Å²) in [5.41, 5.74) is 1.18. The standard InChI is InChI=1S/C14H18N2O5/c1-4-21-12(17)8-16(3)14(20)15-11-7-10(13(18)19)6-5-9(11)2/h5-7H,4,8H2,1-3H3,(H,15,20)(H,18,19). The van der Waals surface area contributed by atoms with Crippen LogP contribution in [0.15, 0.2) is 18.2 Å². The van der Waals surface area contributed by atoms with Gasteiger partial charge >= 0.3 is 18.0 Å². The molecule has 0 unspecified atom stereocenters. The number of hydrogen-bond donors (Lipinski definition) is 2. The zero-order valence-corrected chi connectivity index (χ0v) is 12.2. The summed E-state index contributed by atoms with van der Waals surface area (Å²) in [5, 5.41) is 11.5. The number of amides is 2. The highest BCUT2D eigenvalue weighted by molar-refractivity contribution is 5.94. The summed E-state index contributed by atoms with van der Waals surface area (Å²) in [6.45, 7) is 3.48. The average molecular weight is 294 g/mol. The first-order chi connectivity index (χ1) is 9.85. The number of urea groups is 1. The summed E-state index contributed by atoms with van der Waals surface area (Å²) in [6.07, 6.45) is 0. The lowest BCUT2D eigenvalue weighted by atomic mass is 10.1. The minimum absolute atomic E-state index is 0.0731. The van der Waals surface area contributed by atoms with E-state index in [1.54, 1.807) is 19.9 Å². The number of carboxylic acids is 1. The first-order valence-corrected chi connectivity index (χ1v) is 6.36. The maximum atomic E-state index is 11.9. The molecule has 0 aliphatic carbocycles. The molecule has 1 aromatic carbocycles. The molecule has 0 fully saturated rings. The zero-order valence-electron chi connectivity index (χ0n) is 12.2. The number of aromatic carboxylic acids is 1. The van der Waals surface area contributed by atoms with E-state index in [4.69, 9.17) is 9.84 Å². The number of anilines is 1. The maximum absolute atomic E-state index is 11.9. The molecule has 1 aromatic rings. The fourth-order valence-electron chi connectivity index (χ4n) is 1.57. The van der Waals surface area contributed by atoms with Gasteiger partial charge in [0.1, 0.15) is 6.54 Å². The first kappa shape index (κ1) is 16.5. The lowest BCUT2D eigenvalue weighted by Crippen LogP contribution is -2.36. The van der Waals surface area contributed by atoms with Crippen LogP contribution in [0, 0.1) is 6.92 Å². The van der Waals surface area contributed by atoms with Crippen molar-refractivity contribution in [2.75, 3.05) is 25.5 Å². The van der Waals surface area contributed by atoms with Crippen LogP contribution in [0.25, 0.3) is 0 Å². The second kappa shape index (κ2) is 7.28. The van der Waals surface area contributed by atoms with Crippen LogP contribution in [0.3, 0.4) is 0 Å². The topological polar surface area (TPSA) is 95.9 Å². The van der Waals surface area contributed by atoms with Crippen LogP contribution >= 0.6 is 0 Å². The molecular formula is C14H18N2O5. The molecule has 0 spiro atoms. The van der Waals surface area contributed by atoms with Crippen LogP contribution in [-0.4, -0.2) is 48.2 Å². The van der Waals surface area contributed by atoms with E-state index in [1.165, 1.54) is 19.2 Å². The number of ether oxygens (including phenoxy) is 1. The molecule has 0 saturated heterocycles. The molecule has 0 bridgehead atoms. The number of aryl methyl sites for hydroxylation is 1. The summed E-state index contributed by atoms with van der Waals surface area (Å²) in [6, 6.07) is 3.90. The first-order valence-electron chi connectivity index (χ1n) is 6.36. The Balaban J connectivity index is 2.76. The van der Waals surface area contributed by atoms with Crippen molar-refractivity contribution in [3.05, 3.63) is 29.3 Å². The molecule has 7 nitrogen and oxygen atoms in total. The highest BCUT2D eigenvalue weighted by Gasteiger charge is 2.15. The van der Waals surface area contributed by atoms with Gasteiger partial charge in [-0.15, -0.1) is 0 Å². The number of hydrogen-bond acceptors (Lipinski definition) is 4. The van der Waals surface area contributed by atoms with Gasteiger partial charge in [0.25, 0.3) is 0 Å². The van der Waals surface area contributed by atoms with Gasteiger partial charge in [-0.3, -0.25) is 4.79 Å². The SMILES string of the molecule is CCOC(=O)CN(C)C(=O)Nc1cc(C(=O)O)ccc1C. The average Bonchev–Trinajstić information content (AvgIpc) is 2.40. The second-order valence-corrected chi connectivity index (χ2v) is 4.43. The van der Waals surface area contributed by atoms with E-state index in [0.29, 0.717) is 5.69 Å². The predicted molar refractivity (Wildman–Crippen MR) is 76.4 cm³/mol. The maximum Gasteiger partial charge on any atom is 0.335 e. The van der Waals surface area contributed by atoms with Crippen LogP contribution in [-0.2, 0) is 9.53 Å². The number of benzene rings is 1. The van der Waals surface area contributed by atoms with Gasteiger partial charge in [0, 0.05) is 12.7 Å². The van der Waals surface area contributed by atoms with E-state index in [9.17, 15) is 14.4 Å². The minimum Gasteiger partial charge on any atom is -0.478 e. The van der Waals surface area contributed by atoms with E-state index in [2.05, 4.69) is 5.32 Å². The van der Waals surface area contributed by atoms with Crippen molar-refractivity contribution in [1.29, 1.82) is 0 Å². The van der Waals surface area contributed by atoms with Gasteiger partial charge in [0.15, 0.2) is 0 Å². The van der Waals surface area contributed by atoms with Crippen LogP contribution in [0.1, 0.15) is 22.8 Å². The molecule has 1 rings (SSSR count). The lowest BCUT2D eigenvalue weighted by molar-refractivity contribution is -0.143. The highest BCUT2D eigenvalue weighted by Crippen LogP contribution is 2.17. The summed E-state index contributed by atoms with van der Waals surface area (Å²) in [7, 11) is 1.45. The molecule has 0 radical (unpaired) electrons. The third-order valence-corrected chi connectivity index (χ3v) is 2.74. The Bertz CT molecular complexity index is 556. The van der Waals surface area contributed by atoms with Crippen molar-refractivity contribution >= 4 is 23.7 Å². The fraction of sp³-hybridized carbons (Fsp3) is 0.357. The molecule has 2 amide bonds. The molecule has 2 N–H and O–H groups in total. The van der Waals surface area contributed by atoms with E-state index in [-0.39, 0.29) is 18.7 Å². The Morgan fingerprint density at radius 2 is 2.00 bits per heavy atom. The van der Waals surface area contributed by atoms with Crippen molar-refractivity contribution in [3.8, 4) is 0 Å². The van der Waals surface area contributed by atoms with Crippen LogP contribution in [0.4, 0.5) is 10.5 Å². The van der Waals surface area contributed by atoms with Crippen molar-refractivity contribution in [2.45, 2.75) is 13.8 Å². The van der Waals surface area contributed by atoms with Gasteiger partial charge in [0.2, 0.25) is 0 Å². The summed E-state index contributed by atoms with van der Waals surface area (Å²) >= 11 is 0. The van der Waals surface area contributed by atoms with Crippen molar-refractivity contribution in [3.63, 3.8) is 0 Å². The summed E-state index contributed by atoms with van der Waals surface area (Å²) in [5.74, 6) is -1.59. The van der Waals surface area contributed by atoms with Crippen molar-refractivity contribution in [1.82, 2.24) is 4.90 Å². The van der Waals surface area contributed by atoms with Crippen LogP contribution in [0.5, 0.6) is 0 Å². The van der Waals surface area contributed by atoms with Crippen LogP contribution < -0.4 is 5.32 Å². The van der Waals surface area contributed by atoms with Crippen molar-refractivity contribution in [2.24, 2.45) is 0 Å². The largest absolute Gasteiger partial charge is 0.478 e. The smallest absolute Gasteiger partial charge is 0.335 e. The van der Waals surface area contributed by atoms with Gasteiger partial charge in [-0.05, 0) is 31.5 Å². The molecule has 0 aliphatic rings. The Morgan fingerprint density at radius 1 is 1.33 bits per heavy atom. The van der Waals surface area contributed by atoms with Gasteiger partial charge < -0.3 is 20.1 Å². The van der Waals surface area contributed by atoms with Gasteiger partial charge in [-0.25, -0.2) is 9.59 Å². The lowest BCUT2D eigenvalue weighted by Gasteiger charge is -2.18. The molecule has 0 aromatic heterocycles. The molecule has 0 heterocycles. The summed E-state index contributed by atoms with van der Waals surface area (Å²) < 4.78 is 4.75. The number of likely N-dealkylation sites (N-methyl/N-ethyl adjacent to an activating group) is 1. The zero-order chi connectivity index (χ0) is 16.0. The second-order valence-electron chi connectivity index (χ2n) is 4.43. The molecule has 0 aliphatic heterocycles. The molecule has 7 heteroatoms. The number of nitrogens with zero attached hydrogens (tertiary/aromatic N) is 1. The van der Waals surface area contributed by atoms with Gasteiger partial charge in [-0.2, -0.15) is 0 Å². The highest BCUT2D eigenvalue weighted by atomic mass is 16.5. The van der Waals surface area contributed by atoms with E-state index in [0.717, 1.165) is 10.5 Å². The number of carbonyl (C=O) groups is 3. The molecule has 21 heavy (non-hydrogen) atoms. The van der Waals surface area contributed by atoms with E-state index in [1.807, 2.05) is 0 Å². The monoisotopic (exact) mass is 294 g/mol. The third-order valence-electron chi connectivity index (χ3n) is 2.74. The molecule has 114 valence electrons. The van der Waals surface area contributed by atoms with Crippen molar-refractivity contribution < 1.29 is 24.2 Å². The molecule has 0 atom stereocenters. The van der Waals surface area contributed by atoms with E-state index >= 15 is 0 Å². The van der Waals surface area contributed by atoms with Crippen LogP contribution in [0.2, 0.25) is 0 Å². The number of carbonyl (C=O) groups excluding carboxylic acids is 2. The van der Waals surface area contributed by atoms with Gasteiger partial charge in [-0.1, -0.05) is 6.07 Å². The Labute approximate surface area is 122 Å². The summed E-state index contributed by atoms with van der Waals surface area (Å²) in [4.78, 5) is 35.3. The molecular weight excluding hydrogens is 276 g/mol. The van der Waals surface area contributed by atoms with Gasteiger partial charge in [0.05, 0.1) is 12.2 Å². The number of carboxylic acid groups (broad SMARTS) is 1. The normalized spacial score (nSPS) is 9.86. The minimum atomic E-state index is -1.08. The Morgan fingerprint density at radius 3 is 2.57 bits per heavy atom. The predicted octanol–water partition coefficient (Wildman–Crippen LogP) is 1.72.